The predicted octanol–water partition coefficient (Wildman–Crippen LogP) is 21.2. The molecule has 362 valence electrons. The molecule has 0 unspecified atom stereocenters. The lowest BCUT2D eigenvalue weighted by Gasteiger charge is -2.28. The van der Waals surface area contributed by atoms with Crippen molar-refractivity contribution in [3.63, 3.8) is 0 Å². The van der Waals surface area contributed by atoms with Crippen molar-refractivity contribution in [2.24, 2.45) is 0 Å². The van der Waals surface area contributed by atoms with E-state index in [0.717, 1.165) is 89.4 Å². The number of rotatable bonds is 11. The van der Waals surface area contributed by atoms with Crippen LogP contribution in [0.15, 0.2) is 308 Å². The van der Waals surface area contributed by atoms with E-state index in [2.05, 4.69) is 313 Å². The van der Waals surface area contributed by atoms with Crippen molar-refractivity contribution in [1.29, 1.82) is 0 Å². The topological polar surface area (TPSA) is 19.6 Å². The minimum atomic E-state index is 0.886. The molecular formula is C74H50N2O. The molecular weight excluding hydrogens is 933 g/mol. The Morgan fingerprint density at radius 2 is 0.597 bits per heavy atom. The van der Waals surface area contributed by atoms with Crippen molar-refractivity contribution in [2.45, 2.75) is 0 Å². The standard InChI is InChI=1S/C74H50N2O/c1-4-17-51(18-5-1)56-24-12-28-64(46-56)75(63-41-37-55(38-42-63)70-33-16-34-71-73(70)74-69-32-11-10-23-54(69)40-44-72(74)77-71)65-29-14-26-58(48-65)59-27-15-31-67(49-59)76(66-30-13-25-57(47-66)52-19-6-2-7-20-52)68-43-39-61-45-60(35-36-62(61)50-68)53-21-8-3-9-22-53/h1-50H. The highest BCUT2D eigenvalue weighted by atomic mass is 16.3. The summed E-state index contributed by atoms with van der Waals surface area (Å²) in [6.45, 7) is 0. The molecule has 0 fully saturated rings. The summed E-state index contributed by atoms with van der Waals surface area (Å²) in [6, 6.07) is 109. The lowest BCUT2D eigenvalue weighted by atomic mass is 9.96. The summed E-state index contributed by atoms with van der Waals surface area (Å²) in [5.74, 6) is 0. The average molecular weight is 983 g/mol. The molecule has 0 aliphatic carbocycles. The van der Waals surface area contributed by atoms with Crippen molar-refractivity contribution < 1.29 is 4.42 Å². The minimum Gasteiger partial charge on any atom is -0.456 e. The van der Waals surface area contributed by atoms with Crippen LogP contribution in [-0.2, 0) is 0 Å². The first kappa shape index (κ1) is 45.4. The Kier molecular flexibility index (Phi) is 11.5. The van der Waals surface area contributed by atoms with Crippen LogP contribution < -0.4 is 9.80 Å². The maximum absolute atomic E-state index is 6.50. The van der Waals surface area contributed by atoms with Gasteiger partial charge >= 0.3 is 0 Å². The van der Waals surface area contributed by atoms with Gasteiger partial charge in [-0.05, 0) is 168 Å². The van der Waals surface area contributed by atoms with E-state index in [4.69, 9.17) is 4.42 Å². The number of furan rings is 1. The van der Waals surface area contributed by atoms with Gasteiger partial charge in [-0.15, -0.1) is 0 Å². The summed E-state index contributed by atoms with van der Waals surface area (Å²) in [7, 11) is 0. The van der Waals surface area contributed by atoms with E-state index in [9.17, 15) is 0 Å². The van der Waals surface area contributed by atoms with E-state index in [-0.39, 0.29) is 0 Å². The van der Waals surface area contributed by atoms with Crippen LogP contribution in [0.25, 0.3) is 99.1 Å². The second-order valence-electron chi connectivity index (χ2n) is 19.7. The highest BCUT2D eigenvalue weighted by Crippen LogP contribution is 2.44. The van der Waals surface area contributed by atoms with Crippen molar-refractivity contribution >= 4 is 77.6 Å². The first-order valence-electron chi connectivity index (χ1n) is 26.3. The lowest BCUT2D eigenvalue weighted by Crippen LogP contribution is -2.11. The monoisotopic (exact) mass is 982 g/mol. The molecule has 14 rings (SSSR count). The molecule has 77 heavy (non-hydrogen) atoms. The first-order chi connectivity index (χ1) is 38.1. The van der Waals surface area contributed by atoms with E-state index in [1.54, 1.807) is 0 Å². The SMILES string of the molecule is c1ccc(-c2cccc(N(c3ccc(-c4cccc5oc6ccc7ccccc7c6c45)cc3)c3cccc(-c4cccc(N(c5cccc(-c6ccccc6)c5)c5ccc6cc(-c7ccccc7)ccc6c5)c4)c3)c2)cc1. The van der Waals surface area contributed by atoms with E-state index in [0.29, 0.717) is 0 Å². The Bertz CT molecular complexity index is 4450. The maximum Gasteiger partial charge on any atom is 0.136 e. The minimum absolute atomic E-state index is 0.886. The van der Waals surface area contributed by atoms with Gasteiger partial charge in [0.2, 0.25) is 0 Å². The van der Waals surface area contributed by atoms with Gasteiger partial charge in [-0.2, -0.15) is 0 Å². The molecule has 0 aliphatic heterocycles. The summed E-state index contributed by atoms with van der Waals surface area (Å²) in [5, 5.41) is 7.06. The van der Waals surface area contributed by atoms with Crippen molar-refractivity contribution in [1.82, 2.24) is 0 Å². The Morgan fingerprint density at radius 3 is 1.17 bits per heavy atom. The quantitative estimate of drug-likeness (QED) is 0.129. The molecule has 0 radical (unpaired) electrons. The van der Waals surface area contributed by atoms with Gasteiger partial charge in [-0.1, -0.05) is 212 Å². The maximum atomic E-state index is 6.50. The second kappa shape index (κ2) is 19.6. The number of fused-ring (bicyclic) bond motifs is 6. The van der Waals surface area contributed by atoms with Gasteiger partial charge in [0.1, 0.15) is 11.2 Å². The number of hydrogen-bond acceptors (Lipinski definition) is 3. The molecule has 0 spiro atoms. The van der Waals surface area contributed by atoms with Crippen LogP contribution in [0, 0.1) is 0 Å². The molecule has 3 nitrogen and oxygen atoms in total. The zero-order chi connectivity index (χ0) is 51.1. The van der Waals surface area contributed by atoms with Gasteiger partial charge in [0.15, 0.2) is 0 Å². The van der Waals surface area contributed by atoms with Crippen LogP contribution in [0.5, 0.6) is 0 Å². The van der Waals surface area contributed by atoms with Gasteiger partial charge in [-0.25, -0.2) is 0 Å². The second-order valence-corrected chi connectivity index (χ2v) is 19.7. The molecule has 0 bridgehead atoms. The number of anilines is 6. The predicted molar refractivity (Wildman–Crippen MR) is 325 cm³/mol. The van der Waals surface area contributed by atoms with E-state index >= 15 is 0 Å². The molecule has 3 heteroatoms. The van der Waals surface area contributed by atoms with Crippen LogP contribution in [0.4, 0.5) is 34.1 Å². The molecule has 0 aliphatic rings. The summed E-state index contributed by atoms with van der Waals surface area (Å²) in [6.07, 6.45) is 0. The normalized spacial score (nSPS) is 11.4. The highest BCUT2D eigenvalue weighted by molar-refractivity contribution is 6.22. The largest absolute Gasteiger partial charge is 0.456 e. The number of nitrogens with zero attached hydrogens (tertiary/aromatic N) is 2. The van der Waals surface area contributed by atoms with Gasteiger partial charge in [0, 0.05) is 44.9 Å². The molecule has 1 aromatic heterocycles. The fraction of sp³-hybridized carbons (Fsp3) is 0. The molecule has 0 amide bonds. The molecule has 0 atom stereocenters. The highest BCUT2D eigenvalue weighted by Gasteiger charge is 2.20. The van der Waals surface area contributed by atoms with E-state index < -0.39 is 0 Å². The third kappa shape index (κ3) is 8.66. The Balaban J connectivity index is 0.873. The van der Waals surface area contributed by atoms with Crippen LogP contribution in [0.2, 0.25) is 0 Å². The molecule has 0 N–H and O–H groups in total. The molecule has 0 saturated heterocycles. The van der Waals surface area contributed by atoms with Crippen LogP contribution in [0.3, 0.4) is 0 Å². The lowest BCUT2D eigenvalue weighted by molar-refractivity contribution is 0.669. The van der Waals surface area contributed by atoms with Crippen molar-refractivity contribution in [2.75, 3.05) is 9.80 Å². The smallest absolute Gasteiger partial charge is 0.136 e. The summed E-state index contributed by atoms with van der Waals surface area (Å²) >= 11 is 0. The number of hydrogen-bond donors (Lipinski definition) is 0. The third-order valence-corrected chi connectivity index (χ3v) is 15.0. The molecule has 1 heterocycles. The molecule has 14 aromatic rings. The van der Waals surface area contributed by atoms with Crippen molar-refractivity contribution in [3.8, 4) is 55.6 Å². The number of benzene rings is 13. The molecule has 0 saturated carbocycles. The fourth-order valence-electron chi connectivity index (χ4n) is 11.3. The Labute approximate surface area is 448 Å². The van der Waals surface area contributed by atoms with Crippen LogP contribution >= 0.6 is 0 Å². The van der Waals surface area contributed by atoms with Gasteiger partial charge < -0.3 is 14.2 Å². The summed E-state index contributed by atoms with van der Waals surface area (Å²) < 4.78 is 6.50. The van der Waals surface area contributed by atoms with Crippen molar-refractivity contribution in [3.05, 3.63) is 303 Å². The van der Waals surface area contributed by atoms with E-state index in [1.807, 2.05) is 0 Å². The van der Waals surface area contributed by atoms with E-state index in [1.165, 1.54) is 43.8 Å². The van der Waals surface area contributed by atoms with Gasteiger partial charge in [0.05, 0.1) is 0 Å². The summed E-state index contributed by atoms with van der Waals surface area (Å²) in [5.41, 5.74) is 19.8. The van der Waals surface area contributed by atoms with Gasteiger partial charge in [0.25, 0.3) is 0 Å². The summed E-state index contributed by atoms with van der Waals surface area (Å²) in [4.78, 5) is 4.77. The average Bonchev–Trinajstić information content (AvgIpc) is 3.93. The Morgan fingerprint density at radius 1 is 0.208 bits per heavy atom. The van der Waals surface area contributed by atoms with Crippen LogP contribution in [-0.4, -0.2) is 0 Å². The Hall–Kier alpha value is -10.2. The first-order valence-corrected chi connectivity index (χ1v) is 26.3. The zero-order valence-electron chi connectivity index (χ0n) is 42.2. The van der Waals surface area contributed by atoms with Crippen LogP contribution in [0.1, 0.15) is 0 Å². The van der Waals surface area contributed by atoms with Gasteiger partial charge in [-0.3, -0.25) is 0 Å². The zero-order valence-corrected chi connectivity index (χ0v) is 42.2. The molecule has 13 aromatic carbocycles. The third-order valence-electron chi connectivity index (χ3n) is 15.0. The fourth-order valence-corrected chi connectivity index (χ4v) is 11.3.